The predicted molar refractivity (Wildman–Crippen MR) is 164 cm³/mol. The van der Waals surface area contributed by atoms with Crippen LogP contribution in [0, 0.1) is 20.8 Å². The normalized spacial score (nSPS) is 14.4. The number of likely N-dealkylation sites (tertiary alicyclic amines) is 1. The molecule has 0 bridgehead atoms. The Morgan fingerprint density at radius 3 is 2.19 bits per heavy atom. The monoisotopic (exact) mass is 627 g/mol. The summed E-state index contributed by atoms with van der Waals surface area (Å²) in [6.45, 7) is 9.78. The topological polar surface area (TPSA) is 142 Å². The van der Waals surface area contributed by atoms with Gasteiger partial charge in [-0.3, -0.25) is 9.52 Å². The van der Waals surface area contributed by atoms with Gasteiger partial charge in [-0.05, 0) is 99.7 Å². The first-order chi connectivity index (χ1) is 19.9. The molecule has 43 heavy (non-hydrogen) atoms. The van der Waals surface area contributed by atoms with Gasteiger partial charge < -0.3 is 20.1 Å². The number of anilines is 1. The van der Waals surface area contributed by atoms with E-state index < -0.39 is 39.1 Å². The third-order valence-electron chi connectivity index (χ3n) is 7.00. The van der Waals surface area contributed by atoms with Crippen LogP contribution < -0.4 is 10.0 Å². The van der Waals surface area contributed by atoms with Crippen LogP contribution in [-0.4, -0.2) is 60.6 Å². The van der Waals surface area contributed by atoms with Gasteiger partial charge in [0.05, 0.1) is 18.0 Å². The molecule has 3 aromatic carbocycles. The van der Waals surface area contributed by atoms with Crippen molar-refractivity contribution in [2.45, 2.75) is 57.6 Å². The Bertz CT molecular complexity index is 1730. The average molecular weight is 628 g/mol. The molecular weight excluding hydrogens is 594 g/mol. The van der Waals surface area contributed by atoms with E-state index in [2.05, 4.69) is 10.0 Å². The lowest BCUT2D eigenvalue weighted by atomic mass is 9.88. The zero-order chi connectivity index (χ0) is 31.9. The van der Waals surface area contributed by atoms with Crippen molar-refractivity contribution in [2.75, 3.05) is 17.8 Å². The Morgan fingerprint density at radius 1 is 0.930 bits per heavy atom. The summed E-state index contributed by atoms with van der Waals surface area (Å²) in [4.78, 5) is 38.8. The number of nitrogens with zero attached hydrogens (tertiary/aromatic N) is 1. The van der Waals surface area contributed by atoms with E-state index >= 15 is 0 Å². The van der Waals surface area contributed by atoms with E-state index in [1.54, 1.807) is 84.0 Å². The van der Waals surface area contributed by atoms with E-state index in [-0.39, 0.29) is 18.0 Å². The van der Waals surface area contributed by atoms with Crippen LogP contribution in [0.5, 0.6) is 0 Å². The van der Waals surface area contributed by atoms with Gasteiger partial charge in [0.25, 0.3) is 15.9 Å². The molecule has 0 aromatic heterocycles. The Morgan fingerprint density at radius 2 is 1.58 bits per heavy atom. The molecule has 0 aliphatic carbocycles. The van der Waals surface area contributed by atoms with E-state index in [0.29, 0.717) is 38.5 Å². The highest BCUT2D eigenvalue weighted by molar-refractivity contribution is 7.92. The molecule has 3 N–H and O–H groups in total. The van der Waals surface area contributed by atoms with Crippen LogP contribution in [0.1, 0.15) is 47.8 Å². The molecule has 0 atom stereocenters. The highest BCUT2D eigenvalue weighted by Crippen LogP contribution is 2.30. The van der Waals surface area contributed by atoms with Gasteiger partial charge in [-0.1, -0.05) is 35.9 Å². The number of amides is 2. The largest absolute Gasteiger partial charge is 0.465 e. The second-order valence-electron chi connectivity index (χ2n) is 11.8. The molecule has 0 saturated carbocycles. The molecule has 1 saturated heterocycles. The molecule has 12 heteroatoms. The van der Waals surface area contributed by atoms with Gasteiger partial charge in [-0.15, -0.1) is 0 Å². The number of sulfonamides is 1. The number of aryl methyl sites for hydroxylation is 3. The summed E-state index contributed by atoms with van der Waals surface area (Å²) in [5, 5.41) is 12.5. The van der Waals surface area contributed by atoms with Gasteiger partial charge in [0.15, 0.2) is 5.54 Å². The number of rotatable bonds is 7. The van der Waals surface area contributed by atoms with Crippen molar-refractivity contribution >= 4 is 45.3 Å². The fraction of sp³-hybridized carbons (Fsp3) is 0.323. The number of hydrogen-bond donors (Lipinski definition) is 3. The highest BCUT2D eigenvalue weighted by atomic mass is 35.5. The van der Waals surface area contributed by atoms with Gasteiger partial charge in [0, 0.05) is 16.3 Å². The number of ether oxygens (including phenoxy) is 1. The summed E-state index contributed by atoms with van der Waals surface area (Å²) >= 11 is 6.14. The minimum atomic E-state index is -3.89. The number of carbonyl (C=O) groups is 3. The standard InChI is InChI=1S/C31H34ClN3O7S/c1-18-12-22(21-8-7-9-23(15-21)34-43(40,41)26-14-19(2)25(32)13-20(26)3)10-11-24(18)27(36)33-31(16-35(17-31)29(38)39)28(37)42-30(4,5)6/h7-15,34H,16-17H2,1-6H3,(H,33,36)(H,38,39). The molecule has 1 fully saturated rings. The second kappa shape index (κ2) is 11.5. The van der Waals surface area contributed by atoms with E-state index in [0.717, 1.165) is 10.5 Å². The Balaban J connectivity index is 1.55. The first-order valence-electron chi connectivity index (χ1n) is 13.5. The minimum Gasteiger partial charge on any atom is -0.465 e. The third-order valence-corrected chi connectivity index (χ3v) is 8.93. The predicted octanol–water partition coefficient (Wildman–Crippen LogP) is 5.54. The molecule has 3 aromatic rings. The van der Waals surface area contributed by atoms with E-state index in [1.165, 1.54) is 6.07 Å². The van der Waals surface area contributed by atoms with Crippen LogP contribution in [0.15, 0.2) is 59.5 Å². The molecule has 2 amide bonds. The van der Waals surface area contributed by atoms with Crippen molar-refractivity contribution in [2.24, 2.45) is 0 Å². The average Bonchev–Trinajstić information content (AvgIpc) is 2.86. The molecule has 1 heterocycles. The second-order valence-corrected chi connectivity index (χ2v) is 13.8. The van der Waals surface area contributed by atoms with Crippen molar-refractivity contribution in [3.05, 3.63) is 81.9 Å². The Kier molecular flexibility index (Phi) is 8.54. The number of carbonyl (C=O) groups excluding carboxylic acids is 2. The quantitative estimate of drug-likeness (QED) is 0.292. The molecule has 0 radical (unpaired) electrons. The van der Waals surface area contributed by atoms with Gasteiger partial charge >= 0.3 is 12.1 Å². The third kappa shape index (κ3) is 6.94. The molecular formula is C31H34ClN3O7S. The van der Waals surface area contributed by atoms with Gasteiger partial charge in [0.2, 0.25) is 0 Å². The number of esters is 1. The lowest BCUT2D eigenvalue weighted by molar-refractivity contribution is -0.169. The van der Waals surface area contributed by atoms with Gasteiger partial charge in [-0.2, -0.15) is 0 Å². The number of halogens is 1. The zero-order valence-corrected chi connectivity index (χ0v) is 26.3. The summed E-state index contributed by atoms with van der Waals surface area (Å²) in [6, 6.07) is 15.1. The van der Waals surface area contributed by atoms with Crippen LogP contribution in [0.4, 0.5) is 10.5 Å². The summed E-state index contributed by atoms with van der Waals surface area (Å²) < 4.78 is 34.4. The molecule has 228 valence electrons. The lowest BCUT2D eigenvalue weighted by Crippen LogP contribution is -2.75. The van der Waals surface area contributed by atoms with Crippen molar-refractivity contribution in [1.29, 1.82) is 0 Å². The smallest absolute Gasteiger partial charge is 0.407 e. The summed E-state index contributed by atoms with van der Waals surface area (Å²) in [5.41, 5.74) is 1.54. The Hall–Kier alpha value is -4.09. The minimum absolute atomic E-state index is 0.133. The molecule has 0 spiro atoms. The summed E-state index contributed by atoms with van der Waals surface area (Å²) in [6.07, 6.45) is -1.20. The van der Waals surface area contributed by atoms with E-state index in [4.69, 9.17) is 16.3 Å². The molecule has 4 rings (SSSR count). The summed E-state index contributed by atoms with van der Waals surface area (Å²) in [5.74, 6) is -1.25. The van der Waals surface area contributed by atoms with E-state index in [1.807, 2.05) is 6.07 Å². The van der Waals surface area contributed by atoms with E-state index in [9.17, 15) is 27.9 Å². The van der Waals surface area contributed by atoms with Crippen LogP contribution in [0.2, 0.25) is 5.02 Å². The van der Waals surface area contributed by atoms with Gasteiger partial charge in [0.1, 0.15) is 5.60 Å². The maximum Gasteiger partial charge on any atom is 0.407 e. The lowest BCUT2D eigenvalue weighted by Gasteiger charge is -2.47. The zero-order valence-electron chi connectivity index (χ0n) is 24.7. The van der Waals surface area contributed by atoms with Gasteiger partial charge in [-0.25, -0.2) is 18.0 Å². The maximum absolute atomic E-state index is 13.3. The fourth-order valence-corrected chi connectivity index (χ4v) is 6.35. The number of nitrogens with one attached hydrogen (secondary N) is 2. The van der Waals surface area contributed by atoms with Crippen molar-refractivity contribution in [3.63, 3.8) is 0 Å². The SMILES string of the molecule is Cc1cc(S(=O)(=O)Nc2cccc(-c3ccc(C(=O)NC4(C(=O)OC(C)(C)C)CN(C(=O)O)C4)c(C)c3)c2)c(C)cc1Cl. The molecule has 1 aliphatic rings. The molecule has 0 unspecified atom stereocenters. The highest BCUT2D eigenvalue weighted by Gasteiger charge is 2.54. The first kappa shape index (κ1) is 31.8. The summed E-state index contributed by atoms with van der Waals surface area (Å²) in [7, 11) is -3.89. The van der Waals surface area contributed by atoms with Crippen LogP contribution >= 0.6 is 11.6 Å². The maximum atomic E-state index is 13.3. The van der Waals surface area contributed by atoms with Crippen LogP contribution in [0.25, 0.3) is 11.1 Å². The first-order valence-corrected chi connectivity index (χ1v) is 15.3. The van der Waals surface area contributed by atoms with Crippen LogP contribution in [-0.2, 0) is 19.6 Å². The number of benzene rings is 3. The molecule has 1 aliphatic heterocycles. The van der Waals surface area contributed by atoms with Crippen molar-refractivity contribution in [1.82, 2.24) is 10.2 Å². The van der Waals surface area contributed by atoms with Crippen LogP contribution in [0.3, 0.4) is 0 Å². The molecule has 10 nitrogen and oxygen atoms in total. The fourth-order valence-electron chi connectivity index (χ4n) is 4.77. The number of carboxylic acid groups (broad SMARTS) is 1. The Labute approximate surface area is 256 Å². The van der Waals surface area contributed by atoms with Crippen molar-refractivity contribution < 1.29 is 32.6 Å². The number of hydrogen-bond acceptors (Lipinski definition) is 6. The van der Waals surface area contributed by atoms with Crippen molar-refractivity contribution in [3.8, 4) is 11.1 Å².